The number of nitrogens with two attached hydrogens (primary N) is 1. The Morgan fingerprint density at radius 3 is 2.15 bits per heavy atom. The molecule has 5 N–H and O–H groups in total. The molecule has 27 heavy (non-hydrogen) atoms. The topological polar surface area (TPSA) is 113 Å². The maximum atomic E-state index is 13.1. The minimum Gasteiger partial charge on any atom is -0.507 e. The van der Waals surface area contributed by atoms with Gasteiger partial charge in [0.2, 0.25) is 11.6 Å². The predicted molar refractivity (Wildman–Crippen MR) is 102 cm³/mol. The summed E-state index contributed by atoms with van der Waals surface area (Å²) in [5.74, 6) is -1.92. The van der Waals surface area contributed by atoms with Crippen LogP contribution in [0.2, 0.25) is 5.02 Å². The lowest BCUT2D eigenvalue weighted by Gasteiger charge is -2.23. The number of anilines is 3. The molecule has 0 saturated carbocycles. The lowest BCUT2D eigenvalue weighted by Crippen LogP contribution is -2.23. The summed E-state index contributed by atoms with van der Waals surface area (Å²) in [4.78, 5) is 26.1. The van der Waals surface area contributed by atoms with Crippen LogP contribution in [-0.2, 0) is 0 Å². The van der Waals surface area contributed by atoms with Crippen molar-refractivity contribution >= 4 is 40.2 Å². The average molecular weight is 381 g/mol. The minimum absolute atomic E-state index is 0.0339. The summed E-state index contributed by atoms with van der Waals surface area (Å²) in [5, 5.41) is 23.9. The van der Waals surface area contributed by atoms with Crippen LogP contribution in [0.3, 0.4) is 0 Å². The summed E-state index contributed by atoms with van der Waals surface area (Å²) in [5.41, 5.74) is 6.33. The Bertz CT molecular complexity index is 1140. The lowest BCUT2D eigenvalue weighted by molar-refractivity contribution is 0.0975. The molecule has 134 valence electrons. The van der Waals surface area contributed by atoms with Gasteiger partial charge in [-0.15, -0.1) is 0 Å². The summed E-state index contributed by atoms with van der Waals surface area (Å²) < 4.78 is 0. The number of nitrogens with one attached hydrogen (secondary N) is 1. The van der Waals surface area contributed by atoms with Crippen molar-refractivity contribution in [1.82, 2.24) is 0 Å². The van der Waals surface area contributed by atoms with Gasteiger partial charge >= 0.3 is 0 Å². The van der Waals surface area contributed by atoms with Gasteiger partial charge in [0.25, 0.3) is 0 Å². The standard InChI is InChI=1S/C20H13ClN2O4/c21-9-2-1-3-10(8-9)23-12-5-7-14(25)18-16(12)20(27)17-13(24)6-4-11(22)15(17)19(18)26/h1-8,23-25H,22H2. The van der Waals surface area contributed by atoms with Gasteiger partial charge in [-0.2, -0.15) is 0 Å². The van der Waals surface area contributed by atoms with Crippen molar-refractivity contribution in [1.29, 1.82) is 0 Å². The molecule has 4 rings (SSSR count). The highest BCUT2D eigenvalue weighted by molar-refractivity contribution is 6.33. The second-order valence-electron chi connectivity index (χ2n) is 6.10. The number of phenolic OH excluding ortho intramolecular Hbond substituents is 2. The molecule has 0 unspecified atom stereocenters. The van der Waals surface area contributed by atoms with Gasteiger partial charge in [0.1, 0.15) is 11.5 Å². The van der Waals surface area contributed by atoms with Crippen LogP contribution in [0, 0.1) is 0 Å². The summed E-state index contributed by atoms with van der Waals surface area (Å²) in [6.45, 7) is 0. The molecule has 0 amide bonds. The molecular formula is C20H13ClN2O4. The summed E-state index contributed by atoms with van der Waals surface area (Å²) in [6.07, 6.45) is 0. The third-order valence-corrected chi connectivity index (χ3v) is 4.65. The molecule has 0 spiro atoms. The number of phenols is 2. The number of carbonyl (C=O) groups excluding carboxylic acids is 2. The van der Waals surface area contributed by atoms with Gasteiger partial charge in [0, 0.05) is 16.4 Å². The molecule has 1 aliphatic rings. The lowest BCUT2D eigenvalue weighted by atomic mass is 9.81. The number of hydrogen-bond acceptors (Lipinski definition) is 6. The van der Waals surface area contributed by atoms with Crippen LogP contribution in [0.15, 0.2) is 48.5 Å². The van der Waals surface area contributed by atoms with Gasteiger partial charge in [0.05, 0.1) is 27.9 Å². The number of rotatable bonds is 2. The summed E-state index contributed by atoms with van der Waals surface area (Å²) in [7, 11) is 0. The van der Waals surface area contributed by atoms with Crippen molar-refractivity contribution in [3.8, 4) is 11.5 Å². The van der Waals surface area contributed by atoms with Crippen LogP contribution in [0.1, 0.15) is 31.8 Å². The van der Waals surface area contributed by atoms with E-state index in [4.69, 9.17) is 17.3 Å². The van der Waals surface area contributed by atoms with Crippen LogP contribution < -0.4 is 11.1 Å². The molecule has 1 aliphatic carbocycles. The maximum absolute atomic E-state index is 13.1. The Morgan fingerprint density at radius 1 is 0.815 bits per heavy atom. The number of halogens is 1. The number of carbonyl (C=O) groups is 2. The van der Waals surface area contributed by atoms with Gasteiger partial charge in [-0.1, -0.05) is 17.7 Å². The van der Waals surface area contributed by atoms with Gasteiger partial charge in [-0.05, 0) is 42.5 Å². The smallest absolute Gasteiger partial charge is 0.200 e. The van der Waals surface area contributed by atoms with E-state index in [2.05, 4.69) is 5.32 Å². The number of nitrogen functional groups attached to an aromatic ring is 1. The van der Waals surface area contributed by atoms with Crippen molar-refractivity contribution in [2.75, 3.05) is 11.1 Å². The van der Waals surface area contributed by atoms with Crippen LogP contribution >= 0.6 is 11.6 Å². The molecule has 0 fully saturated rings. The zero-order valence-corrected chi connectivity index (χ0v) is 14.5. The summed E-state index contributed by atoms with van der Waals surface area (Å²) >= 11 is 5.99. The number of benzene rings is 3. The zero-order chi connectivity index (χ0) is 19.3. The van der Waals surface area contributed by atoms with Crippen LogP contribution in [0.5, 0.6) is 11.5 Å². The van der Waals surface area contributed by atoms with E-state index in [0.29, 0.717) is 16.4 Å². The fourth-order valence-corrected chi connectivity index (χ4v) is 3.41. The fourth-order valence-electron chi connectivity index (χ4n) is 3.22. The molecule has 0 bridgehead atoms. The van der Waals surface area contributed by atoms with E-state index < -0.39 is 11.6 Å². The highest BCUT2D eigenvalue weighted by Crippen LogP contribution is 2.42. The largest absolute Gasteiger partial charge is 0.507 e. The third kappa shape index (κ3) is 2.58. The second-order valence-corrected chi connectivity index (χ2v) is 6.54. The van der Waals surface area contributed by atoms with Crippen molar-refractivity contribution < 1.29 is 19.8 Å². The van der Waals surface area contributed by atoms with Gasteiger partial charge in [-0.3, -0.25) is 9.59 Å². The zero-order valence-electron chi connectivity index (χ0n) is 13.8. The molecule has 0 atom stereocenters. The van der Waals surface area contributed by atoms with E-state index in [1.54, 1.807) is 24.3 Å². The van der Waals surface area contributed by atoms with Crippen molar-refractivity contribution in [2.24, 2.45) is 0 Å². The average Bonchev–Trinajstić information content (AvgIpc) is 2.63. The Morgan fingerprint density at radius 2 is 1.44 bits per heavy atom. The maximum Gasteiger partial charge on any atom is 0.200 e. The first-order chi connectivity index (χ1) is 12.9. The first-order valence-corrected chi connectivity index (χ1v) is 8.35. The number of ketones is 2. The molecule has 0 radical (unpaired) electrons. The molecule has 0 heterocycles. The van der Waals surface area contributed by atoms with E-state index >= 15 is 0 Å². The van der Waals surface area contributed by atoms with E-state index in [1.165, 1.54) is 24.3 Å². The molecule has 3 aromatic carbocycles. The molecule has 0 saturated heterocycles. The van der Waals surface area contributed by atoms with E-state index in [-0.39, 0.29) is 39.4 Å². The molecule has 6 nitrogen and oxygen atoms in total. The highest BCUT2D eigenvalue weighted by Gasteiger charge is 2.37. The second kappa shape index (κ2) is 6.03. The van der Waals surface area contributed by atoms with Crippen LogP contribution in [0.25, 0.3) is 0 Å². The molecule has 0 aliphatic heterocycles. The monoisotopic (exact) mass is 380 g/mol. The SMILES string of the molecule is Nc1ccc(O)c2c1C(=O)c1c(O)ccc(Nc3cccc(Cl)c3)c1C2=O. The van der Waals surface area contributed by atoms with E-state index in [0.717, 1.165) is 0 Å². The molecule has 0 aromatic heterocycles. The van der Waals surface area contributed by atoms with Crippen LogP contribution in [-0.4, -0.2) is 21.8 Å². The predicted octanol–water partition coefficient (Wildman–Crippen LogP) is 3.85. The third-order valence-electron chi connectivity index (χ3n) is 4.41. The van der Waals surface area contributed by atoms with E-state index in [1.807, 2.05) is 0 Å². The fraction of sp³-hybridized carbons (Fsp3) is 0. The number of aromatic hydroxyl groups is 2. The van der Waals surface area contributed by atoms with Crippen molar-refractivity contribution in [2.45, 2.75) is 0 Å². The molecule has 3 aromatic rings. The van der Waals surface area contributed by atoms with Gasteiger partial charge in [-0.25, -0.2) is 0 Å². The number of hydrogen-bond donors (Lipinski definition) is 4. The first kappa shape index (κ1) is 16.9. The summed E-state index contributed by atoms with van der Waals surface area (Å²) in [6, 6.07) is 12.2. The Labute approximate surface area is 158 Å². The Hall–Kier alpha value is -3.51. The normalized spacial score (nSPS) is 12.5. The Balaban J connectivity index is 1.94. The van der Waals surface area contributed by atoms with Gasteiger partial charge in [0.15, 0.2) is 0 Å². The first-order valence-electron chi connectivity index (χ1n) is 7.98. The highest BCUT2D eigenvalue weighted by atomic mass is 35.5. The van der Waals surface area contributed by atoms with Crippen molar-refractivity contribution in [3.05, 3.63) is 75.8 Å². The van der Waals surface area contributed by atoms with Crippen LogP contribution in [0.4, 0.5) is 17.1 Å². The quantitative estimate of drug-likeness (QED) is 0.310. The van der Waals surface area contributed by atoms with Crippen molar-refractivity contribution in [3.63, 3.8) is 0 Å². The Kier molecular flexibility index (Phi) is 3.78. The van der Waals surface area contributed by atoms with E-state index in [9.17, 15) is 19.8 Å². The van der Waals surface area contributed by atoms with Gasteiger partial charge < -0.3 is 21.3 Å². The molecule has 7 heteroatoms. The minimum atomic E-state index is -0.625. The number of fused-ring (bicyclic) bond motifs is 2. The molecular weight excluding hydrogens is 368 g/mol.